The Bertz CT molecular complexity index is 857. The van der Waals surface area contributed by atoms with Gasteiger partial charge in [0.1, 0.15) is 6.04 Å². The highest BCUT2D eigenvalue weighted by Gasteiger charge is 2.30. The molecule has 2 aromatic carbocycles. The highest BCUT2D eigenvalue weighted by Crippen LogP contribution is 2.32. The molecule has 0 saturated heterocycles. The zero-order valence-electron chi connectivity index (χ0n) is 13.7. The molecule has 0 aliphatic carbocycles. The minimum atomic E-state index is -3.76. The maximum atomic E-state index is 12.5. The molecule has 1 amide bonds. The SMILES string of the molecule is CC(C(=O)NCc1ccccc1)N(c1cc(Cl)ccc1Cl)S(C)(=O)=O. The number of halogens is 2. The average molecular weight is 401 g/mol. The smallest absolute Gasteiger partial charge is 0.243 e. The Morgan fingerprint density at radius 3 is 2.40 bits per heavy atom. The van der Waals surface area contributed by atoms with E-state index in [1.54, 1.807) is 6.07 Å². The molecular weight excluding hydrogens is 383 g/mol. The molecule has 1 atom stereocenters. The van der Waals surface area contributed by atoms with Crippen molar-refractivity contribution in [3.8, 4) is 0 Å². The fourth-order valence-corrected chi connectivity index (χ4v) is 3.97. The topological polar surface area (TPSA) is 66.5 Å². The molecular formula is C17H18Cl2N2O3S. The van der Waals surface area contributed by atoms with Gasteiger partial charge in [0, 0.05) is 11.6 Å². The Morgan fingerprint density at radius 2 is 1.80 bits per heavy atom. The van der Waals surface area contributed by atoms with E-state index in [-0.39, 0.29) is 10.7 Å². The van der Waals surface area contributed by atoms with Crippen molar-refractivity contribution in [2.75, 3.05) is 10.6 Å². The fourth-order valence-electron chi connectivity index (χ4n) is 2.37. The number of nitrogens with zero attached hydrogens (tertiary/aromatic N) is 1. The van der Waals surface area contributed by atoms with Crippen LogP contribution in [-0.4, -0.2) is 26.6 Å². The number of hydrogen-bond donors (Lipinski definition) is 1. The molecule has 8 heteroatoms. The van der Waals surface area contributed by atoms with E-state index in [1.165, 1.54) is 19.1 Å². The van der Waals surface area contributed by atoms with Crippen molar-refractivity contribution < 1.29 is 13.2 Å². The summed E-state index contributed by atoms with van der Waals surface area (Å²) in [5.74, 6) is -0.440. The minimum Gasteiger partial charge on any atom is -0.350 e. The maximum Gasteiger partial charge on any atom is 0.243 e. The number of carbonyl (C=O) groups is 1. The van der Waals surface area contributed by atoms with Crippen LogP contribution in [0.2, 0.25) is 10.0 Å². The third kappa shape index (κ3) is 5.11. The second kappa shape index (κ2) is 8.08. The molecule has 0 spiro atoms. The molecule has 0 bridgehead atoms. The minimum absolute atomic E-state index is 0.166. The van der Waals surface area contributed by atoms with Gasteiger partial charge >= 0.3 is 0 Å². The molecule has 0 radical (unpaired) electrons. The van der Waals surface area contributed by atoms with Gasteiger partial charge in [-0.3, -0.25) is 9.10 Å². The molecule has 25 heavy (non-hydrogen) atoms. The van der Waals surface area contributed by atoms with Crippen LogP contribution in [0.1, 0.15) is 12.5 Å². The van der Waals surface area contributed by atoms with E-state index in [2.05, 4.69) is 5.32 Å². The summed E-state index contributed by atoms with van der Waals surface area (Å²) in [6.45, 7) is 1.80. The first-order chi connectivity index (χ1) is 11.7. The van der Waals surface area contributed by atoms with Crippen molar-refractivity contribution in [2.45, 2.75) is 19.5 Å². The summed E-state index contributed by atoms with van der Waals surface area (Å²) in [5, 5.41) is 3.25. The third-order valence-electron chi connectivity index (χ3n) is 3.54. The first-order valence-corrected chi connectivity index (χ1v) is 10.1. The lowest BCUT2D eigenvalue weighted by Gasteiger charge is -2.29. The monoisotopic (exact) mass is 400 g/mol. The van der Waals surface area contributed by atoms with E-state index in [0.29, 0.717) is 11.6 Å². The number of rotatable bonds is 6. The van der Waals surface area contributed by atoms with Crippen LogP contribution in [-0.2, 0) is 21.4 Å². The van der Waals surface area contributed by atoms with Gasteiger partial charge < -0.3 is 5.32 Å². The van der Waals surface area contributed by atoms with Crippen LogP contribution < -0.4 is 9.62 Å². The van der Waals surface area contributed by atoms with Gasteiger partial charge in [-0.2, -0.15) is 0 Å². The summed E-state index contributed by atoms with van der Waals surface area (Å²) >= 11 is 12.1. The quantitative estimate of drug-likeness (QED) is 0.806. The fraction of sp³-hybridized carbons (Fsp3) is 0.235. The number of anilines is 1. The molecule has 5 nitrogen and oxygen atoms in total. The van der Waals surface area contributed by atoms with Gasteiger partial charge in [-0.1, -0.05) is 53.5 Å². The van der Waals surface area contributed by atoms with E-state index in [0.717, 1.165) is 16.1 Å². The normalized spacial score (nSPS) is 12.5. The Labute approximate surface area is 157 Å². The van der Waals surface area contributed by atoms with Gasteiger partial charge in [0.15, 0.2) is 0 Å². The zero-order chi connectivity index (χ0) is 18.6. The summed E-state index contributed by atoms with van der Waals surface area (Å²) in [7, 11) is -3.76. The standard InChI is InChI=1S/C17H18Cl2N2O3S/c1-12(17(22)20-11-13-6-4-3-5-7-13)21(25(2,23)24)16-10-14(18)8-9-15(16)19/h3-10,12H,11H2,1-2H3,(H,20,22). The van der Waals surface area contributed by atoms with Crippen LogP contribution in [0.15, 0.2) is 48.5 Å². The first kappa shape index (κ1) is 19.6. The van der Waals surface area contributed by atoms with Crippen molar-refractivity contribution in [3.05, 3.63) is 64.1 Å². The third-order valence-corrected chi connectivity index (χ3v) is 5.33. The molecule has 0 heterocycles. The van der Waals surface area contributed by atoms with Gasteiger partial charge in [0.05, 0.1) is 17.0 Å². The Hall–Kier alpha value is -1.76. The van der Waals surface area contributed by atoms with E-state index < -0.39 is 22.0 Å². The Balaban J connectivity index is 2.25. The van der Waals surface area contributed by atoms with Crippen LogP contribution in [0.4, 0.5) is 5.69 Å². The molecule has 1 unspecified atom stereocenters. The summed E-state index contributed by atoms with van der Waals surface area (Å²) < 4.78 is 25.5. The number of nitrogens with one attached hydrogen (secondary N) is 1. The largest absolute Gasteiger partial charge is 0.350 e. The Kier molecular flexibility index (Phi) is 6.32. The van der Waals surface area contributed by atoms with E-state index in [4.69, 9.17) is 23.2 Å². The van der Waals surface area contributed by atoms with Crippen LogP contribution in [0.5, 0.6) is 0 Å². The Morgan fingerprint density at radius 1 is 1.16 bits per heavy atom. The molecule has 2 aromatic rings. The van der Waals surface area contributed by atoms with Crippen LogP contribution in [0.3, 0.4) is 0 Å². The molecule has 0 saturated carbocycles. The number of hydrogen-bond acceptors (Lipinski definition) is 3. The summed E-state index contributed by atoms with van der Waals surface area (Å²) in [5.41, 5.74) is 1.08. The number of benzene rings is 2. The van der Waals surface area contributed by atoms with Gasteiger partial charge in [0.25, 0.3) is 0 Å². The number of sulfonamides is 1. The van der Waals surface area contributed by atoms with E-state index in [1.807, 2.05) is 30.3 Å². The number of carbonyl (C=O) groups excluding carboxylic acids is 1. The highest BCUT2D eigenvalue weighted by atomic mass is 35.5. The lowest BCUT2D eigenvalue weighted by atomic mass is 10.2. The second-order valence-corrected chi connectivity index (χ2v) is 8.24. The molecule has 0 aromatic heterocycles. The van der Waals surface area contributed by atoms with Crippen LogP contribution >= 0.6 is 23.2 Å². The molecule has 0 aliphatic heterocycles. The van der Waals surface area contributed by atoms with Crippen LogP contribution in [0, 0.1) is 0 Å². The van der Waals surface area contributed by atoms with Gasteiger partial charge in [-0.15, -0.1) is 0 Å². The summed E-state index contributed by atoms with van der Waals surface area (Å²) in [4.78, 5) is 12.5. The number of amides is 1. The molecule has 1 N–H and O–H groups in total. The summed E-state index contributed by atoms with van der Waals surface area (Å²) in [6.07, 6.45) is 1.02. The molecule has 0 fully saturated rings. The predicted molar refractivity (Wildman–Crippen MR) is 102 cm³/mol. The van der Waals surface area contributed by atoms with Gasteiger partial charge in [0.2, 0.25) is 15.9 Å². The average Bonchev–Trinajstić information content (AvgIpc) is 2.55. The van der Waals surface area contributed by atoms with Gasteiger partial charge in [-0.05, 0) is 30.7 Å². The van der Waals surface area contributed by atoms with Gasteiger partial charge in [-0.25, -0.2) is 8.42 Å². The summed E-state index contributed by atoms with van der Waals surface area (Å²) in [6, 6.07) is 12.8. The molecule has 0 aliphatic rings. The van der Waals surface area contributed by atoms with E-state index in [9.17, 15) is 13.2 Å². The maximum absolute atomic E-state index is 12.5. The van der Waals surface area contributed by atoms with Crippen molar-refractivity contribution in [2.24, 2.45) is 0 Å². The highest BCUT2D eigenvalue weighted by molar-refractivity contribution is 7.92. The lowest BCUT2D eigenvalue weighted by molar-refractivity contribution is -0.122. The van der Waals surface area contributed by atoms with E-state index >= 15 is 0 Å². The van der Waals surface area contributed by atoms with Crippen molar-refractivity contribution >= 4 is 44.8 Å². The predicted octanol–water partition coefficient (Wildman–Crippen LogP) is 3.46. The lowest BCUT2D eigenvalue weighted by Crippen LogP contribution is -2.47. The zero-order valence-corrected chi connectivity index (χ0v) is 16.1. The molecule has 134 valence electrons. The van der Waals surface area contributed by atoms with Crippen molar-refractivity contribution in [1.82, 2.24) is 5.32 Å². The van der Waals surface area contributed by atoms with Crippen molar-refractivity contribution in [3.63, 3.8) is 0 Å². The first-order valence-electron chi connectivity index (χ1n) is 7.46. The van der Waals surface area contributed by atoms with Crippen molar-refractivity contribution in [1.29, 1.82) is 0 Å². The second-order valence-electron chi connectivity index (χ2n) is 5.53. The van der Waals surface area contributed by atoms with Crippen LogP contribution in [0.25, 0.3) is 0 Å². The molecule has 2 rings (SSSR count).